The first-order valence-corrected chi connectivity index (χ1v) is 4.58. The Labute approximate surface area is 65.1 Å². The van der Waals surface area contributed by atoms with E-state index in [1.807, 2.05) is 11.3 Å². The second-order valence-corrected chi connectivity index (χ2v) is 3.57. The summed E-state index contributed by atoms with van der Waals surface area (Å²) in [4.78, 5) is 1.48. The lowest BCUT2D eigenvalue weighted by Gasteiger charge is -1.94. The molecule has 2 heteroatoms. The molecule has 0 N–H and O–H groups in total. The molecule has 0 saturated heterocycles. The van der Waals surface area contributed by atoms with Gasteiger partial charge in [-0.1, -0.05) is 0 Å². The molecular weight excluding hydrogens is 142 g/mol. The van der Waals surface area contributed by atoms with Crippen molar-refractivity contribution in [2.75, 3.05) is 6.54 Å². The summed E-state index contributed by atoms with van der Waals surface area (Å²) in [7, 11) is 0. The van der Waals surface area contributed by atoms with Crippen LogP contribution in [0.4, 0.5) is 5.69 Å². The first-order valence-electron chi connectivity index (χ1n) is 3.71. The molecule has 10 heavy (non-hydrogen) atoms. The molecule has 1 aliphatic heterocycles. The van der Waals surface area contributed by atoms with Crippen LogP contribution >= 0.6 is 11.3 Å². The van der Waals surface area contributed by atoms with E-state index in [2.05, 4.69) is 16.8 Å². The number of aryl methyl sites for hydroxylation is 1. The van der Waals surface area contributed by atoms with Crippen molar-refractivity contribution in [1.82, 2.24) is 5.32 Å². The van der Waals surface area contributed by atoms with Crippen molar-refractivity contribution >= 4 is 17.0 Å². The molecule has 0 aromatic carbocycles. The molecule has 1 aromatic rings. The first-order chi connectivity index (χ1) is 4.97. The van der Waals surface area contributed by atoms with Crippen molar-refractivity contribution in [3.05, 3.63) is 16.3 Å². The highest BCUT2D eigenvalue weighted by molar-refractivity contribution is 7.10. The Morgan fingerprint density at radius 1 is 1.40 bits per heavy atom. The number of fused-ring (bicyclic) bond motifs is 1. The van der Waals surface area contributed by atoms with Crippen LogP contribution in [0.1, 0.15) is 17.7 Å². The molecule has 0 fully saturated rings. The van der Waals surface area contributed by atoms with Gasteiger partial charge in [0.1, 0.15) is 0 Å². The molecule has 0 unspecified atom stereocenters. The van der Waals surface area contributed by atoms with Gasteiger partial charge in [-0.2, -0.15) is 0 Å². The molecule has 0 spiro atoms. The molecule has 1 aromatic heterocycles. The van der Waals surface area contributed by atoms with Gasteiger partial charge in [-0.05, 0) is 30.7 Å². The minimum absolute atomic E-state index is 1.03. The SMILES string of the molecule is c1cc2c(s1)CCCC[N]2. The van der Waals surface area contributed by atoms with Gasteiger partial charge < -0.3 is 0 Å². The van der Waals surface area contributed by atoms with E-state index in [1.165, 1.54) is 29.8 Å². The fraction of sp³-hybridized carbons (Fsp3) is 0.500. The van der Waals surface area contributed by atoms with E-state index in [4.69, 9.17) is 0 Å². The molecule has 0 amide bonds. The molecule has 2 rings (SSSR count). The molecule has 0 saturated carbocycles. The second kappa shape index (κ2) is 2.62. The maximum Gasteiger partial charge on any atom is 0.0713 e. The molecule has 0 bridgehead atoms. The molecular formula is C8H10NS. The Bertz CT molecular complexity index is 196. The van der Waals surface area contributed by atoms with Crippen molar-refractivity contribution in [2.24, 2.45) is 0 Å². The lowest BCUT2D eigenvalue weighted by Crippen LogP contribution is -1.95. The summed E-state index contributed by atoms with van der Waals surface area (Å²) in [5.74, 6) is 0. The maximum atomic E-state index is 4.46. The van der Waals surface area contributed by atoms with Gasteiger partial charge in [0.05, 0.1) is 5.69 Å². The zero-order valence-electron chi connectivity index (χ0n) is 5.84. The van der Waals surface area contributed by atoms with E-state index in [0.29, 0.717) is 0 Å². The largest absolute Gasteiger partial charge is 0.284 e. The van der Waals surface area contributed by atoms with Gasteiger partial charge in [0.25, 0.3) is 0 Å². The number of nitrogens with zero attached hydrogens (tertiary/aromatic N) is 1. The molecule has 0 aliphatic carbocycles. The van der Waals surface area contributed by atoms with Gasteiger partial charge in [-0.15, -0.1) is 11.3 Å². The summed E-state index contributed by atoms with van der Waals surface area (Å²) in [6.07, 6.45) is 3.83. The van der Waals surface area contributed by atoms with Gasteiger partial charge in [-0.3, -0.25) is 5.32 Å². The Kier molecular flexibility index (Phi) is 1.63. The van der Waals surface area contributed by atoms with Crippen LogP contribution < -0.4 is 5.32 Å². The van der Waals surface area contributed by atoms with Crippen molar-refractivity contribution in [2.45, 2.75) is 19.3 Å². The smallest absolute Gasteiger partial charge is 0.0713 e. The lowest BCUT2D eigenvalue weighted by molar-refractivity contribution is 0.727. The van der Waals surface area contributed by atoms with Crippen LogP contribution in [-0.2, 0) is 6.42 Å². The van der Waals surface area contributed by atoms with E-state index in [0.717, 1.165) is 6.54 Å². The highest BCUT2D eigenvalue weighted by Crippen LogP contribution is 2.26. The van der Waals surface area contributed by atoms with E-state index in [1.54, 1.807) is 0 Å². The normalized spacial score (nSPS) is 17.2. The average molecular weight is 152 g/mol. The molecule has 2 heterocycles. The molecule has 1 aliphatic rings. The van der Waals surface area contributed by atoms with Crippen LogP contribution in [0.5, 0.6) is 0 Å². The minimum atomic E-state index is 1.03. The monoisotopic (exact) mass is 152 g/mol. The summed E-state index contributed by atoms with van der Waals surface area (Å²) >= 11 is 1.84. The van der Waals surface area contributed by atoms with Crippen molar-refractivity contribution in [3.63, 3.8) is 0 Å². The number of hydrogen-bond donors (Lipinski definition) is 0. The average Bonchev–Trinajstić information content (AvgIpc) is 2.28. The van der Waals surface area contributed by atoms with E-state index in [9.17, 15) is 0 Å². The van der Waals surface area contributed by atoms with Gasteiger partial charge in [0.2, 0.25) is 0 Å². The zero-order chi connectivity index (χ0) is 6.81. The maximum absolute atomic E-state index is 4.46. The van der Waals surface area contributed by atoms with Gasteiger partial charge in [0, 0.05) is 11.4 Å². The van der Waals surface area contributed by atoms with Crippen molar-refractivity contribution in [1.29, 1.82) is 0 Å². The van der Waals surface area contributed by atoms with E-state index in [-0.39, 0.29) is 0 Å². The molecule has 0 atom stereocenters. The third kappa shape index (κ3) is 1.03. The van der Waals surface area contributed by atoms with Crippen LogP contribution in [0.2, 0.25) is 0 Å². The van der Waals surface area contributed by atoms with E-state index >= 15 is 0 Å². The molecule has 53 valence electrons. The van der Waals surface area contributed by atoms with Crippen LogP contribution in [0.15, 0.2) is 11.4 Å². The Morgan fingerprint density at radius 2 is 2.40 bits per heavy atom. The Balaban J connectivity index is 2.28. The third-order valence-electron chi connectivity index (χ3n) is 1.82. The van der Waals surface area contributed by atoms with Crippen LogP contribution in [0.3, 0.4) is 0 Å². The summed E-state index contributed by atoms with van der Waals surface area (Å²) in [5, 5.41) is 6.60. The summed E-state index contributed by atoms with van der Waals surface area (Å²) < 4.78 is 0. The predicted octanol–water partition coefficient (Wildman–Crippen LogP) is 2.32. The fourth-order valence-corrected chi connectivity index (χ4v) is 2.14. The van der Waals surface area contributed by atoms with E-state index < -0.39 is 0 Å². The summed E-state index contributed by atoms with van der Waals surface area (Å²) in [5.41, 5.74) is 1.25. The van der Waals surface area contributed by atoms with Crippen LogP contribution in [-0.4, -0.2) is 6.54 Å². The highest BCUT2D eigenvalue weighted by Gasteiger charge is 2.07. The first kappa shape index (κ1) is 6.23. The third-order valence-corrected chi connectivity index (χ3v) is 2.79. The van der Waals surface area contributed by atoms with Crippen molar-refractivity contribution in [3.8, 4) is 0 Å². The van der Waals surface area contributed by atoms with Gasteiger partial charge in [-0.25, -0.2) is 0 Å². The molecule has 1 nitrogen and oxygen atoms in total. The summed E-state index contributed by atoms with van der Waals surface area (Å²) in [6.45, 7) is 1.03. The number of thiophene rings is 1. The summed E-state index contributed by atoms with van der Waals surface area (Å²) in [6, 6.07) is 2.13. The minimum Gasteiger partial charge on any atom is -0.284 e. The molecule has 1 radical (unpaired) electrons. The standard InChI is InChI=1S/C8H10NS/c1-2-5-9-7-4-6-10-8(7)3-1/h4,6H,1-3,5H2. The Morgan fingerprint density at radius 3 is 3.40 bits per heavy atom. The van der Waals surface area contributed by atoms with Crippen LogP contribution in [0.25, 0.3) is 0 Å². The van der Waals surface area contributed by atoms with Crippen LogP contribution in [0, 0.1) is 0 Å². The van der Waals surface area contributed by atoms with Gasteiger partial charge in [0.15, 0.2) is 0 Å². The predicted molar refractivity (Wildman–Crippen MR) is 43.9 cm³/mol. The second-order valence-electron chi connectivity index (χ2n) is 2.57. The Hall–Kier alpha value is -0.500. The fourth-order valence-electron chi connectivity index (χ4n) is 1.26. The van der Waals surface area contributed by atoms with Crippen molar-refractivity contribution < 1.29 is 0 Å². The van der Waals surface area contributed by atoms with Gasteiger partial charge >= 0.3 is 0 Å². The lowest BCUT2D eigenvalue weighted by atomic mass is 10.2. The quantitative estimate of drug-likeness (QED) is 0.541. The zero-order valence-corrected chi connectivity index (χ0v) is 6.66. The number of rotatable bonds is 0. The number of hydrogen-bond acceptors (Lipinski definition) is 1. The topological polar surface area (TPSA) is 14.1 Å². The highest BCUT2D eigenvalue weighted by atomic mass is 32.1.